The zero-order chi connectivity index (χ0) is 14.8. The number of aromatic carboxylic acids is 1. The number of thiophene rings is 1. The summed E-state index contributed by atoms with van der Waals surface area (Å²) in [7, 11) is -3.86. The highest BCUT2D eigenvalue weighted by Crippen LogP contribution is 2.22. The van der Waals surface area contributed by atoms with E-state index < -0.39 is 21.7 Å². The maximum Gasteiger partial charge on any atom is 0.356 e. The molecule has 2 aromatic rings. The average molecular weight is 332 g/mol. The van der Waals surface area contributed by atoms with Crippen LogP contribution in [-0.2, 0) is 23.0 Å². The number of aromatic nitrogens is 1. The number of nitrogens with one attached hydrogen (secondary N) is 1. The number of carbonyl (C=O) groups is 1. The Bertz CT molecular complexity index is 718. The van der Waals surface area contributed by atoms with Crippen LogP contribution in [0.1, 0.15) is 27.9 Å². The van der Waals surface area contributed by atoms with Crippen molar-refractivity contribution in [2.45, 2.75) is 24.1 Å². The number of carboxylic acids is 1. The number of rotatable bonds is 6. The van der Waals surface area contributed by atoms with Crippen LogP contribution in [0.4, 0.5) is 0 Å². The van der Waals surface area contributed by atoms with Gasteiger partial charge in [0.1, 0.15) is 0 Å². The summed E-state index contributed by atoms with van der Waals surface area (Å²) in [6.45, 7) is 2.14. The zero-order valence-electron chi connectivity index (χ0n) is 10.5. The number of carboxylic acid groups (broad SMARTS) is 1. The largest absolute Gasteiger partial charge is 0.476 e. The van der Waals surface area contributed by atoms with E-state index >= 15 is 0 Å². The first-order valence-electron chi connectivity index (χ1n) is 5.67. The highest BCUT2D eigenvalue weighted by molar-refractivity contribution is 7.91. The Balaban J connectivity index is 2.20. The standard InChI is InChI=1S/C11H12N2O4S3/c1-2-7-3-4-18-8(7)5-13-20(16,17)11-9(10(14)15)12-6-19-11/h3-4,6,13H,2,5H2,1H3,(H,14,15). The van der Waals surface area contributed by atoms with Crippen LogP contribution in [0.5, 0.6) is 0 Å². The molecule has 20 heavy (non-hydrogen) atoms. The molecule has 6 nitrogen and oxygen atoms in total. The van der Waals surface area contributed by atoms with Gasteiger partial charge in [-0.25, -0.2) is 22.9 Å². The summed E-state index contributed by atoms with van der Waals surface area (Å²) >= 11 is 2.26. The van der Waals surface area contributed by atoms with Crippen LogP contribution in [0, 0.1) is 0 Å². The Morgan fingerprint density at radius 3 is 2.85 bits per heavy atom. The fourth-order valence-electron chi connectivity index (χ4n) is 1.63. The van der Waals surface area contributed by atoms with E-state index in [1.54, 1.807) is 0 Å². The Labute approximate surface area is 124 Å². The molecule has 0 fully saturated rings. The number of aryl methyl sites for hydroxylation is 1. The van der Waals surface area contributed by atoms with E-state index in [9.17, 15) is 13.2 Å². The van der Waals surface area contributed by atoms with Crippen molar-refractivity contribution < 1.29 is 18.3 Å². The van der Waals surface area contributed by atoms with Crippen molar-refractivity contribution in [1.29, 1.82) is 0 Å². The Kier molecular flexibility index (Phi) is 4.53. The number of sulfonamides is 1. The molecule has 0 saturated carbocycles. The van der Waals surface area contributed by atoms with Crippen molar-refractivity contribution in [3.8, 4) is 0 Å². The van der Waals surface area contributed by atoms with Gasteiger partial charge >= 0.3 is 5.97 Å². The lowest BCUT2D eigenvalue weighted by molar-refractivity contribution is 0.0687. The summed E-state index contributed by atoms with van der Waals surface area (Å²) in [5, 5.41) is 10.8. The summed E-state index contributed by atoms with van der Waals surface area (Å²) in [6.07, 6.45) is 0.821. The second-order valence-corrected chi connectivity index (χ2v) is 7.66. The van der Waals surface area contributed by atoms with E-state index in [0.29, 0.717) is 0 Å². The first-order valence-corrected chi connectivity index (χ1v) is 8.91. The molecule has 2 aromatic heterocycles. The SMILES string of the molecule is CCc1ccsc1CNS(=O)(=O)c1scnc1C(=O)O. The smallest absolute Gasteiger partial charge is 0.356 e. The minimum Gasteiger partial charge on any atom is -0.476 e. The topological polar surface area (TPSA) is 96.4 Å². The van der Waals surface area contributed by atoms with Gasteiger partial charge in [0.2, 0.25) is 0 Å². The molecule has 0 aliphatic heterocycles. The van der Waals surface area contributed by atoms with E-state index in [1.165, 1.54) is 16.8 Å². The first-order chi connectivity index (χ1) is 9.45. The van der Waals surface area contributed by atoms with Gasteiger partial charge in [-0.2, -0.15) is 0 Å². The van der Waals surface area contributed by atoms with Crippen LogP contribution in [0.15, 0.2) is 21.2 Å². The van der Waals surface area contributed by atoms with Crippen LogP contribution in [0.25, 0.3) is 0 Å². The monoisotopic (exact) mass is 332 g/mol. The van der Waals surface area contributed by atoms with Gasteiger partial charge in [0.15, 0.2) is 9.90 Å². The van der Waals surface area contributed by atoms with E-state index in [-0.39, 0.29) is 10.8 Å². The van der Waals surface area contributed by atoms with Crippen molar-refractivity contribution >= 4 is 38.7 Å². The molecular weight excluding hydrogens is 320 g/mol. The molecule has 2 rings (SSSR count). The Morgan fingerprint density at radius 1 is 1.45 bits per heavy atom. The molecule has 0 atom stereocenters. The molecule has 108 valence electrons. The maximum absolute atomic E-state index is 12.1. The zero-order valence-corrected chi connectivity index (χ0v) is 12.9. The summed E-state index contributed by atoms with van der Waals surface area (Å²) < 4.78 is 26.4. The fraction of sp³-hybridized carbons (Fsp3) is 0.273. The summed E-state index contributed by atoms with van der Waals surface area (Å²) in [5.41, 5.74) is 1.85. The summed E-state index contributed by atoms with van der Waals surface area (Å²) in [4.78, 5) is 15.4. The fourth-order valence-corrected chi connectivity index (χ4v) is 4.82. The van der Waals surface area contributed by atoms with Gasteiger partial charge in [0, 0.05) is 11.4 Å². The van der Waals surface area contributed by atoms with Crippen molar-refractivity contribution in [3.05, 3.63) is 33.1 Å². The molecule has 9 heteroatoms. The van der Waals surface area contributed by atoms with Crippen molar-refractivity contribution in [1.82, 2.24) is 9.71 Å². The molecule has 0 bridgehead atoms. The minimum atomic E-state index is -3.86. The first kappa shape index (κ1) is 15.1. The lowest BCUT2D eigenvalue weighted by Crippen LogP contribution is -2.24. The molecule has 0 radical (unpaired) electrons. The highest BCUT2D eigenvalue weighted by Gasteiger charge is 2.25. The van der Waals surface area contributed by atoms with Gasteiger partial charge in [0.05, 0.1) is 5.51 Å². The van der Waals surface area contributed by atoms with Gasteiger partial charge in [-0.3, -0.25) is 0 Å². The lowest BCUT2D eigenvalue weighted by Gasteiger charge is -2.05. The lowest BCUT2D eigenvalue weighted by atomic mass is 10.2. The predicted molar refractivity (Wildman–Crippen MR) is 76.8 cm³/mol. The van der Waals surface area contributed by atoms with Gasteiger partial charge in [0.25, 0.3) is 10.0 Å². The molecule has 0 aliphatic carbocycles. The molecule has 2 N–H and O–H groups in total. The number of nitrogens with zero attached hydrogens (tertiary/aromatic N) is 1. The second kappa shape index (κ2) is 6.00. The van der Waals surface area contributed by atoms with Crippen molar-refractivity contribution in [2.75, 3.05) is 0 Å². The number of hydrogen-bond donors (Lipinski definition) is 2. The molecular formula is C11H12N2O4S3. The van der Waals surface area contributed by atoms with Crippen LogP contribution >= 0.6 is 22.7 Å². The van der Waals surface area contributed by atoms with E-state index in [2.05, 4.69) is 9.71 Å². The van der Waals surface area contributed by atoms with Crippen molar-refractivity contribution in [2.24, 2.45) is 0 Å². The molecule has 0 unspecified atom stereocenters. The molecule has 0 aliphatic rings. The third-order valence-corrected chi connectivity index (χ3v) is 6.36. The number of thiazole rings is 1. The average Bonchev–Trinajstić information content (AvgIpc) is 3.05. The second-order valence-electron chi connectivity index (χ2n) is 3.84. The summed E-state index contributed by atoms with van der Waals surface area (Å²) in [6, 6.07) is 1.95. The van der Waals surface area contributed by atoms with Crippen LogP contribution < -0.4 is 4.72 Å². The molecule has 0 spiro atoms. The van der Waals surface area contributed by atoms with Gasteiger partial charge in [-0.05, 0) is 23.4 Å². The van der Waals surface area contributed by atoms with Gasteiger partial charge < -0.3 is 5.11 Å². The van der Waals surface area contributed by atoms with E-state index in [0.717, 1.165) is 28.2 Å². The quantitative estimate of drug-likeness (QED) is 0.843. The Morgan fingerprint density at radius 2 is 2.20 bits per heavy atom. The number of hydrogen-bond acceptors (Lipinski definition) is 6. The van der Waals surface area contributed by atoms with Crippen LogP contribution in [0.2, 0.25) is 0 Å². The van der Waals surface area contributed by atoms with Crippen LogP contribution in [-0.4, -0.2) is 24.5 Å². The van der Waals surface area contributed by atoms with Crippen molar-refractivity contribution in [3.63, 3.8) is 0 Å². The third-order valence-electron chi connectivity index (χ3n) is 2.62. The van der Waals surface area contributed by atoms with E-state index in [1.807, 2.05) is 18.4 Å². The predicted octanol–water partition coefficient (Wildman–Crippen LogP) is 1.94. The molecule has 0 amide bonds. The minimum absolute atomic E-state index is 0.153. The molecule has 0 saturated heterocycles. The third kappa shape index (κ3) is 3.06. The highest BCUT2D eigenvalue weighted by atomic mass is 32.2. The van der Waals surface area contributed by atoms with Gasteiger partial charge in [-0.1, -0.05) is 6.92 Å². The van der Waals surface area contributed by atoms with E-state index in [4.69, 9.17) is 5.11 Å². The molecule has 0 aromatic carbocycles. The Hall–Kier alpha value is -1.29. The van der Waals surface area contributed by atoms with Gasteiger partial charge in [-0.15, -0.1) is 22.7 Å². The van der Waals surface area contributed by atoms with Crippen LogP contribution in [0.3, 0.4) is 0 Å². The normalized spacial score (nSPS) is 11.7. The maximum atomic E-state index is 12.1. The molecule has 2 heterocycles. The summed E-state index contributed by atoms with van der Waals surface area (Å²) in [5.74, 6) is -1.35.